The Bertz CT molecular complexity index is 327. The second-order valence-electron chi connectivity index (χ2n) is 5.16. The van der Waals surface area contributed by atoms with E-state index in [4.69, 9.17) is 10.5 Å². The lowest BCUT2D eigenvalue weighted by molar-refractivity contribution is -0.158. The lowest BCUT2D eigenvalue weighted by Crippen LogP contribution is -2.53. The third-order valence-electron chi connectivity index (χ3n) is 3.84. The first-order valence-electron chi connectivity index (χ1n) is 6.75. The number of nitrogens with two attached hydrogens (primary N) is 1. The number of ether oxygens (including phenoxy) is 1. The number of rotatable bonds is 6. The molecule has 0 aliphatic carbocycles. The summed E-state index contributed by atoms with van der Waals surface area (Å²) in [5.41, 5.74) is 4.68. The summed E-state index contributed by atoms with van der Waals surface area (Å²) in [6.07, 6.45) is 2.04. The Morgan fingerprint density at radius 3 is 2.68 bits per heavy atom. The Hall–Kier alpha value is -1.14. The van der Waals surface area contributed by atoms with Gasteiger partial charge in [0.2, 0.25) is 0 Å². The molecule has 0 bridgehead atoms. The molecule has 3 N–H and O–H groups in total. The molecule has 0 saturated carbocycles. The van der Waals surface area contributed by atoms with Crippen molar-refractivity contribution in [2.75, 3.05) is 26.7 Å². The van der Waals surface area contributed by atoms with E-state index in [1.165, 1.54) is 7.11 Å². The van der Waals surface area contributed by atoms with E-state index in [0.717, 1.165) is 6.42 Å². The predicted octanol–water partition coefficient (Wildman–Crippen LogP) is 0.454. The number of carboxylic acids is 1. The number of hydrogen-bond donors (Lipinski definition) is 2. The molecule has 110 valence electrons. The molecular weight excluding hydrogens is 248 g/mol. The molecular formula is C13H24N2O4. The summed E-state index contributed by atoms with van der Waals surface area (Å²) in [5.74, 6) is -1.01. The van der Waals surface area contributed by atoms with E-state index in [2.05, 4.69) is 0 Å². The molecule has 1 rings (SSSR count). The summed E-state index contributed by atoms with van der Waals surface area (Å²) >= 11 is 0. The third kappa shape index (κ3) is 3.45. The van der Waals surface area contributed by atoms with Crippen molar-refractivity contribution in [2.45, 2.75) is 38.7 Å². The van der Waals surface area contributed by atoms with E-state index in [0.29, 0.717) is 25.8 Å². The van der Waals surface area contributed by atoms with Gasteiger partial charge in [-0.1, -0.05) is 13.3 Å². The normalized spacial score (nSPS) is 25.1. The number of aliphatic carboxylic acids is 1. The molecule has 6 nitrogen and oxygen atoms in total. The number of nitrogens with zero attached hydrogens (tertiary/aromatic N) is 1. The number of carboxylic acid groups (broad SMARTS) is 1. The zero-order chi connectivity index (χ0) is 14.5. The van der Waals surface area contributed by atoms with Crippen LogP contribution in [-0.4, -0.2) is 54.7 Å². The van der Waals surface area contributed by atoms with E-state index < -0.39 is 17.5 Å². The average molecular weight is 272 g/mol. The monoisotopic (exact) mass is 272 g/mol. The highest BCUT2D eigenvalue weighted by atomic mass is 16.5. The highest BCUT2D eigenvalue weighted by Crippen LogP contribution is 2.35. The maximum atomic E-state index is 12.2. The van der Waals surface area contributed by atoms with Gasteiger partial charge in [0.25, 0.3) is 5.91 Å². The molecule has 0 aromatic carbocycles. The second kappa shape index (κ2) is 6.86. The van der Waals surface area contributed by atoms with Gasteiger partial charge in [-0.3, -0.25) is 9.59 Å². The summed E-state index contributed by atoms with van der Waals surface area (Å²) in [6.45, 7) is 2.91. The van der Waals surface area contributed by atoms with Gasteiger partial charge < -0.3 is 20.5 Å². The number of methoxy groups -OCH3 is 1. The Morgan fingerprint density at radius 2 is 2.21 bits per heavy atom. The number of carbonyl (C=O) groups excluding carboxylic acids is 1. The molecule has 1 amide bonds. The van der Waals surface area contributed by atoms with E-state index >= 15 is 0 Å². The summed E-state index contributed by atoms with van der Waals surface area (Å²) in [7, 11) is 1.44. The van der Waals surface area contributed by atoms with E-state index in [1.807, 2.05) is 6.92 Å². The molecule has 0 aromatic heterocycles. The number of hydrogen-bond acceptors (Lipinski definition) is 4. The van der Waals surface area contributed by atoms with Gasteiger partial charge in [-0.15, -0.1) is 0 Å². The van der Waals surface area contributed by atoms with Crippen molar-refractivity contribution >= 4 is 11.9 Å². The second-order valence-corrected chi connectivity index (χ2v) is 5.16. The minimum Gasteiger partial charge on any atom is -0.481 e. The maximum absolute atomic E-state index is 12.2. The Morgan fingerprint density at radius 1 is 1.53 bits per heavy atom. The molecule has 1 heterocycles. The van der Waals surface area contributed by atoms with Gasteiger partial charge in [0.15, 0.2) is 0 Å². The van der Waals surface area contributed by atoms with E-state index in [-0.39, 0.29) is 19.0 Å². The lowest BCUT2D eigenvalue weighted by Gasteiger charge is -2.40. The summed E-state index contributed by atoms with van der Waals surface area (Å²) in [4.78, 5) is 25.3. The van der Waals surface area contributed by atoms with Crippen LogP contribution in [0.4, 0.5) is 0 Å². The van der Waals surface area contributed by atoms with Crippen LogP contribution in [0.3, 0.4) is 0 Å². The fourth-order valence-corrected chi connectivity index (χ4v) is 2.79. The molecule has 1 aliphatic rings. The number of carbonyl (C=O) groups is 2. The van der Waals surface area contributed by atoms with Crippen LogP contribution < -0.4 is 5.73 Å². The Kier molecular flexibility index (Phi) is 5.75. The van der Waals surface area contributed by atoms with Gasteiger partial charge in [-0.05, 0) is 19.3 Å². The van der Waals surface area contributed by atoms with Crippen LogP contribution in [0.2, 0.25) is 0 Å². The van der Waals surface area contributed by atoms with Crippen LogP contribution in [0, 0.1) is 5.41 Å². The molecule has 1 aliphatic heterocycles. The smallest absolute Gasteiger partial charge is 0.311 e. The van der Waals surface area contributed by atoms with Crippen molar-refractivity contribution in [1.29, 1.82) is 0 Å². The van der Waals surface area contributed by atoms with E-state index in [1.54, 1.807) is 4.90 Å². The SMILES string of the molecule is CCCC1(C(=O)O)CCCN(C(=O)C(CN)OC)C1. The fraction of sp³-hybridized carbons (Fsp3) is 0.846. The zero-order valence-corrected chi connectivity index (χ0v) is 11.7. The minimum absolute atomic E-state index is 0.111. The van der Waals surface area contributed by atoms with Crippen molar-refractivity contribution in [2.24, 2.45) is 11.1 Å². The molecule has 2 atom stereocenters. The number of amides is 1. The zero-order valence-electron chi connectivity index (χ0n) is 11.7. The molecule has 2 unspecified atom stereocenters. The van der Waals surface area contributed by atoms with Crippen molar-refractivity contribution in [3.63, 3.8) is 0 Å². The van der Waals surface area contributed by atoms with Gasteiger partial charge in [-0.25, -0.2) is 0 Å². The molecule has 1 saturated heterocycles. The lowest BCUT2D eigenvalue weighted by atomic mass is 9.76. The summed E-state index contributed by atoms with van der Waals surface area (Å²) in [5, 5.41) is 9.48. The van der Waals surface area contributed by atoms with Crippen LogP contribution in [0.15, 0.2) is 0 Å². The van der Waals surface area contributed by atoms with Crippen molar-refractivity contribution in [1.82, 2.24) is 4.90 Å². The maximum Gasteiger partial charge on any atom is 0.311 e. The quantitative estimate of drug-likeness (QED) is 0.732. The summed E-state index contributed by atoms with van der Waals surface area (Å²) < 4.78 is 5.04. The molecule has 6 heteroatoms. The molecule has 0 radical (unpaired) electrons. The van der Waals surface area contributed by atoms with Crippen molar-refractivity contribution in [3.8, 4) is 0 Å². The predicted molar refractivity (Wildman–Crippen MR) is 70.6 cm³/mol. The first-order chi connectivity index (χ1) is 9.00. The first-order valence-corrected chi connectivity index (χ1v) is 6.75. The van der Waals surface area contributed by atoms with Gasteiger partial charge >= 0.3 is 5.97 Å². The number of likely N-dealkylation sites (tertiary alicyclic amines) is 1. The molecule has 19 heavy (non-hydrogen) atoms. The van der Waals surface area contributed by atoms with Crippen LogP contribution in [-0.2, 0) is 14.3 Å². The van der Waals surface area contributed by atoms with Crippen LogP contribution in [0.25, 0.3) is 0 Å². The van der Waals surface area contributed by atoms with Crippen LogP contribution in [0.1, 0.15) is 32.6 Å². The van der Waals surface area contributed by atoms with Crippen molar-refractivity contribution < 1.29 is 19.4 Å². The molecule has 1 fully saturated rings. The number of piperidine rings is 1. The van der Waals surface area contributed by atoms with Crippen LogP contribution >= 0.6 is 0 Å². The third-order valence-corrected chi connectivity index (χ3v) is 3.84. The largest absolute Gasteiger partial charge is 0.481 e. The van der Waals surface area contributed by atoms with Gasteiger partial charge in [-0.2, -0.15) is 0 Å². The Balaban J connectivity index is 2.82. The minimum atomic E-state index is -0.812. The highest BCUT2D eigenvalue weighted by Gasteiger charge is 2.43. The molecule has 0 spiro atoms. The highest BCUT2D eigenvalue weighted by molar-refractivity contribution is 5.83. The van der Waals surface area contributed by atoms with Gasteiger partial charge in [0, 0.05) is 26.7 Å². The van der Waals surface area contributed by atoms with Gasteiger partial charge in [0.05, 0.1) is 5.41 Å². The topological polar surface area (TPSA) is 92.9 Å². The van der Waals surface area contributed by atoms with E-state index in [9.17, 15) is 14.7 Å². The van der Waals surface area contributed by atoms with Crippen LogP contribution in [0.5, 0.6) is 0 Å². The first kappa shape index (κ1) is 15.9. The molecule has 0 aromatic rings. The Labute approximate surface area is 113 Å². The summed E-state index contributed by atoms with van der Waals surface area (Å²) in [6, 6.07) is 0. The fourth-order valence-electron chi connectivity index (χ4n) is 2.79. The van der Waals surface area contributed by atoms with Crippen molar-refractivity contribution in [3.05, 3.63) is 0 Å². The van der Waals surface area contributed by atoms with Gasteiger partial charge in [0.1, 0.15) is 6.10 Å². The average Bonchev–Trinajstić information content (AvgIpc) is 2.40. The standard InChI is InChI=1S/C13H24N2O4/c1-3-5-13(12(17)18)6-4-7-15(9-13)11(16)10(8-14)19-2/h10H,3-9,14H2,1-2H3,(H,17,18).